The Hall–Kier alpha value is -4.66. The average Bonchev–Trinajstić information content (AvgIpc) is 2.92. The lowest BCUT2D eigenvalue weighted by Gasteiger charge is -2.22. The molecular formula is C27H23F6N3O6. The van der Waals surface area contributed by atoms with Crippen LogP contribution in [0.25, 0.3) is 0 Å². The summed E-state index contributed by atoms with van der Waals surface area (Å²) in [6, 6.07) is 6.12. The molecule has 3 rings (SSSR count). The number of aromatic nitrogens is 1. The van der Waals surface area contributed by atoms with Gasteiger partial charge in [0, 0.05) is 19.2 Å². The van der Waals surface area contributed by atoms with Crippen LogP contribution < -0.4 is 20.3 Å². The molecule has 2 N–H and O–H groups in total. The number of methoxy groups -OCH3 is 1. The van der Waals surface area contributed by atoms with Crippen LogP contribution >= 0.6 is 0 Å². The first-order valence-electron chi connectivity index (χ1n) is 11.9. The minimum atomic E-state index is -4.64. The molecule has 1 heterocycles. The number of pyridine rings is 1. The summed E-state index contributed by atoms with van der Waals surface area (Å²) >= 11 is 0. The van der Waals surface area contributed by atoms with Crippen LogP contribution in [-0.2, 0) is 26.8 Å². The van der Waals surface area contributed by atoms with E-state index in [0.717, 1.165) is 55.5 Å². The molecule has 0 unspecified atom stereocenters. The van der Waals surface area contributed by atoms with E-state index in [2.05, 4.69) is 15.8 Å². The van der Waals surface area contributed by atoms with Crippen LogP contribution in [0.5, 0.6) is 11.5 Å². The van der Waals surface area contributed by atoms with E-state index in [1.807, 2.05) is 0 Å². The third kappa shape index (κ3) is 7.96. The molecule has 3 aromatic rings. The smallest absolute Gasteiger partial charge is 0.416 e. The van der Waals surface area contributed by atoms with Crippen molar-refractivity contribution in [3.63, 3.8) is 0 Å². The number of alkyl halides is 6. The highest BCUT2D eigenvalue weighted by Crippen LogP contribution is 2.33. The summed E-state index contributed by atoms with van der Waals surface area (Å²) in [5.41, 5.74) is 0.278. The Bertz CT molecular complexity index is 1370. The zero-order valence-electron chi connectivity index (χ0n) is 22.1. The molecule has 1 amide bonds. The van der Waals surface area contributed by atoms with Gasteiger partial charge < -0.3 is 19.6 Å². The minimum absolute atomic E-state index is 0.0122. The van der Waals surface area contributed by atoms with E-state index in [9.17, 15) is 40.7 Å². The number of hydrogen-bond acceptors (Lipinski definition) is 8. The van der Waals surface area contributed by atoms with Crippen molar-refractivity contribution < 1.29 is 55.0 Å². The molecule has 0 saturated heterocycles. The molecule has 1 atom stereocenters. The fourth-order valence-corrected chi connectivity index (χ4v) is 3.58. The van der Waals surface area contributed by atoms with E-state index in [4.69, 9.17) is 14.3 Å². The van der Waals surface area contributed by atoms with Crippen molar-refractivity contribution in [3.05, 3.63) is 88.7 Å². The zero-order valence-corrected chi connectivity index (χ0v) is 22.1. The Balaban J connectivity index is 1.80. The maximum Gasteiger partial charge on any atom is 0.416 e. The molecule has 0 spiro atoms. The van der Waals surface area contributed by atoms with Gasteiger partial charge in [0.2, 0.25) is 5.75 Å². The van der Waals surface area contributed by atoms with Crippen LogP contribution in [0, 0.1) is 0 Å². The first-order valence-corrected chi connectivity index (χ1v) is 11.9. The highest BCUT2D eigenvalue weighted by molar-refractivity contribution is 5.98. The first-order chi connectivity index (χ1) is 19.6. The number of ether oxygens (including phenoxy) is 2. The van der Waals surface area contributed by atoms with E-state index in [-0.39, 0.29) is 28.3 Å². The summed E-state index contributed by atoms with van der Waals surface area (Å²) in [6.07, 6.45) is -8.07. The number of amides is 1. The molecule has 0 aliphatic heterocycles. The standard InChI is InChI=1S/C27H23F6N3O6/c1-14(35-24(38)22-23(41-15(2)37)20(40-3)12-13-34-22)25(39)42-36-21(16-4-8-18(9-5-16)26(28,29)30)17-6-10-19(11-7-17)27(31,32)33/h4-14,21,36H,1-3H3,(H,35,38)/t14-/m0/s1. The molecule has 1 aromatic heterocycles. The number of carbonyl (C=O) groups excluding carboxylic acids is 3. The average molecular weight is 599 g/mol. The molecule has 9 nitrogen and oxygen atoms in total. The van der Waals surface area contributed by atoms with E-state index in [1.165, 1.54) is 26.3 Å². The number of esters is 1. The minimum Gasteiger partial charge on any atom is -0.493 e. The molecule has 224 valence electrons. The lowest BCUT2D eigenvalue weighted by molar-refractivity contribution is -0.154. The van der Waals surface area contributed by atoms with Crippen LogP contribution in [0.2, 0.25) is 0 Å². The molecule has 0 aliphatic rings. The number of benzene rings is 2. The van der Waals surface area contributed by atoms with Gasteiger partial charge in [-0.1, -0.05) is 24.3 Å². The van der Waals surface area contributed by atoms with E-state index < -0.39 is 53.4 Å². The number of hydroxylamine groups is 1. The molecule has 15 heteroatoms. The maximum atomic E-state index is 13.0. The number of hydrogen-bond donors (Lipinski definition) is 2. The number of carbonyl (C=O) groups is 3. The predicted molar refractivity (Wildman–Crippen MR) is 133 cm³/mol. The SMILES string of the molecule is COc1ccnc(C(=O)N[C@@H](C)C(=O)ONC(c2ccc(C(F)(F)F)cc2)c2ccc(C(F)(F)F)cc2)c1OC(C)=O. The number of nitrogens with zero attached hydrogens (tertiary/aromatic N) is 1. The second-order valence-electron chi connectivity index (χ2n) is 8.69. The number of rotatable bonds is 9. The molecule has 42 heavy (non-hydrogen) atoms. The van der Waals surface area contributed by atoms with Crippen LogP contribution in [0.15, 0.2) is 60.8 Å². The highest BCUT2D eigenvalue weighted by Gasteiger charge is 2.32. The normalized spacial score (nSPS) is 12.4. The first kappa shape index (κ1) is 31.9. The zero-order chi connectivity index (χ0) is 31.2. The van der Waals surface area contributed by atoms with Gasteiger partial charge in [0.05, 0.1) is 24.3 Å². The molecule has 0 fully saturated rings. The number of halogens is 6. The molecule has 0 saturated carbocycles. The quantitative estimate of drug-likeness (QED) is 0.201. The molecule has 0 aliphatic carbocycles. The fourth-order valence-electron chi connectivity index (χ4n) is 3.58. The lowest BCUT2D eigenvalue weighted by atomic mass is 9.97. The van der Waals surface area contributed by atoms with Gasteiger partial charge >= 0.3 is 24.3 Å². The highest BCUT2D eigenvalue weighted by atomic mass is 19.4. The van der Waals surface area contributed by atoms with Crippen molar-refractivity contribution in [3.8, 4) is 11.5 Å². The third-order valence-corrected chi connectivity index (χ3v) is 5.67. The van der Waals surface area contributed by atoms with Gasteiger partial charge in [0.25, 0.3) is 5.91 Å². The largest absolute Gasteiger partial charge is 0.493 e. The van der Waals surface area contributed by atoms with Crippen molar-refractivity contribution in [1.82, 2.24) is 15.8 Å². The second-order valence-corrected chi connectivity index (χ2v) is 8.69. The monoisotopic (exact) mass is 599 g/mol. The molecular weight excluding hydrogens is 576 g/mol. The van der Waals surface area contributed by atoms with Gasteiger partial charge in [-0.15, -0.1) is 5.48 Å². The Morgan fingerprint density at radius 3 is 1.76 bits per heavy atom. The van der Waals surface area contributed by atoms with Gasteiger partial charge in [-0.05, 0) is 42.3 Å². The van der Waals surface area contributed by atoms with Gasteiger partial charge in [0.1, 0.15) is 6.04 Å². The Morgan fingerprint density at radius 2 is 1.33 bits per heavy atom. The summed E-state index contributed by atoms with van der Waals surface area (Å²) < 4.78 is 88.3. The van der Waals surface area contributed by atoms with Crippen LogP contribution in [0.4, 0.5) is 26.3 Å². The summed E-state index contributed by atoms with van der Waals surface area (Å²) in [4.78, 5) is 45.9. The molecule has 2 aromatic carbocycles. The van der Waals surface area contributed by atoms with Crippen molar-refractivity contribution in [2.45, 2.75) is 38.3 Å². The van der Waals surface area contributed by atoms with Crippen molar-refractivity contribution in [1.29, 1.82) is 0 Å². The second kappa shape index (κ2) is 12.9. The summed E-state index contributed by atoms with van der Waals surface area (Å²) in [5, 5.41) is 2.30. The van der Waals surface area contributed by atoms with Crippen LogP contribution in [0.1, 0.15) is 52.6 Å². The molecule has 0 bridgehead atoms. The summed E-state index contributed by atoms with van der Waals surface area (Å²) in [7, 11) is 1.26. The van der Waals surface area contributed by atoms with Crippen LogP contribution in [-0.4, -0.2) is 36.0 Å². The van der Waals surface area contributed by atoms with Crippen molar-refractivity contribution in [2.75, 3.05) is 7.11 Å². The van der Waals surface area contributed by atoms with Gasteiger partial charge in [-0.3, -0.25) is 9.59 Å². The van der Waals surface area contributed by atoms with Gasteiger partial charge in [-0.2, -0.15) is 26.3 Å². The third-order valence-electron chi connectivity index (χ3n) is 5.67. The van der Waals surface area contributed by atoms with Crippen LogP contribution in [0.3, 0.4) is 0 Å². The Labute approximate surface area is 234 Å². The van der Waals surface area contributed by atoms with E-state index >= 15 is 0 Å². The Kier molecular flexibility index (Phi) is 9.78. The van der Waals surface area contributed by atoms with E-state index in [0.29, 0.717) is 0 Å². The Morgan fingerprint density at radius 1 is 0.833 bits per heavy atom. The van der Waals surface area contributed by atoms with Crippen molar-refractivity contribution >= 4 is 17.8 Å². The summed E-state index contributed by atoms with van der Waals surface area (Å²) in [6.45, 7) is 2.32. The maximum absolute atomic E-state index is 13.0. The fraction of sp³-hybridized carbons (Fsp3) is 0.259. The predicted octanol–water partition coefficient (Wildman–Crippen LogP) is 5.01. The summed E-state index contributed by atoms with van der Waals surface area (Å²) in [5.74, 6) is -3.09. The topological polar surface area (TPSA) is 116 Å². The van der Waals surface area contributed by atoms with Gasteiger partial charge in [0.15, 0.2) is 11.4 Å². The lowest BCUT2D eigenvalue weighted by Crippen LogP contribution is -2.42. The molecule has 0 radical (unpaired) electrons. The van der Waals surface area contributed by atoms with Crippen molar-refractivity contribution in [2.24, 2.45) is 0 Å². The van der Waals surface area contributed by atoms with Gasteiger partial charge in [-0.25, -0.2) is 9.78 Å². The number of nitrogens with one attached hydrogen (secondary N) is 2. The van der Waals surface area contributed by atoms with E-state index in [1.54, 1.807) is 0 Å².